The molecule has 1 aromatic heterocycles. The van der Waals surface area contributed by atoms with Gasteiger partial charge in [0.15, 0.2) is 0 Å². The van der Waals surface area contributed by atoms with Crippen molar-refractivity contribution in [2.75, 3.05) is 20.3 Å². The van der Waals surface area contributed by atoms with Crippen molar-refractivity contribution in [3.05, 3.63) is 23.5 Å². The summed E-state index contributed by atoms with van der Waals surface area (Å²) < 4.78 is 10.3. The Morgan fingerprint density at radius 2 is 2.31 bits per heavy atom. The van der Waals surface area contributed by atoms with Gasteiger partial charge in [0.2, 0.25) is 0 Å². The second-order valence-electron chi connectivity index (χ2n) is 2.51. The molecule has 0 aromatic carbocycles. The summed E-state index contributed by atoms with van der Waals surface area (Å²) in [6, 6.07) is 3.47. The zero-order chi connectivity index (χ0) is 9.52. The first-order chi connectivity index (χ1) is 6.33. The minimum Gasteiger partial charge on any atom is -0.493 e. The lowest BCUT2D eigenvalue weighted by molar-refractivity contribution is 0.172. The van der Waals surface area contributed by atoms with Gasteiger partial charge >= 0.3 is 0 Å². The smallest absolute Gasteiger partial charge is 0.132 e. The molecule has 0 spiro atoms. The summed E-state index contributed by atoms with van der Waals surface area (Å²) in [6.07, 6.45) is 2.49. The van der Waals surface area contributed by atoms with Gasteiger partial charge in [0.25, 0.3) is 0 Å². The van der Waals surface area contributed by atoms with Gasteiger partial charge < -0.3 is 9.47 Å². The first kappa shape index (κ1) is 10.3. The monoisotopic (exact) mass is 201 g/mol. The molecule has 0 saturated carbocycles. The zero-order valence-corrected chi connectivity index (χ0v) is 8.25. The summed E-state index contributed by atoms with van der Waals surface area (Å²) in [4.78, 5) is 3.84. The molecule has 1 heterocycles. The number of ether oxygens (including phenoxy) is 2. The highest BCUT2D eigenvalue weighted by Crippen LogP contribution is 2.14. The lowest BCUT2D eigenvalue weighted by Crippen LogP contribution is -2.01. The van der Waals surface area contributed by atoms with Crippen LogP contribution in [0.5, 0.6) is 5.75 Å². The minimum atomic E-state index is 0.448. The molecule has 72 valence electrons. The van der Waals surface area contributed by atoms with Crippen LogP contribution in [0.4, 0.5) is 0 Å². The van der Waals surface area contributed by atoms with Crippen molar-refractivity contribution >= 4 is 11.6 Å². The Morgan fingerprint density at radius 1 is 1.46 bits per heavy atom. The van der Waals surface area contributed by atoms with Crippen molar-refractivity contribution in [1.29, 1.82) is 0 Å². The molecule has 0 aliphatic rings. The van der Waals surface area contributed by atoms with Crippen molar-refractivity contribution in [1.82, 2.24) is 4.98 Å². The molecule has 3 nitrogen and oxygen atoms in total. The Hall–Kier alpha value is -0.800. The largest absolute Gasteiger partial charge is 0.493 e. The van der Waals surface area contributed by atoms with Gasteiger partial charge in [0, 0.05) is 32.4 Å². The van der Waals surface area contributed by atoms with E-state index in [0.29, 0.717) is 18.4 Å². The minimum absolute atomic E-state index is 0.448. The Kier molecular flexibility index (Phi) is 4.57. The average Bonchev–Trinajstić information content (AvgIpc) is 2.13. The van der Waals surface area contributed by atoms with Crippen molar-refractivity contribution in [2.24, 2.45) is 0 Å². The molecular formula is C9H12ClNO2. The molecule has 0 amide bonds. The van der Waals surface area contributed by atoms with Crippen LogP contribution >= 0.6 is 11.6 Å². The van der Waals surface area contributed by atoms with Crippen LogP contribution in [-0.4, -0.2) is 25.3 Å². The number of nitrogens with zero attached hydrogens (tertiary/aromatic N) is 1. The van der Waals surface area contributed by atoms with Gasteiger partial charge in [0.1, 0.15) is 10.9 Å². The molecule has 0 fully saturated rings. The number of hydrogen-bond acceptors (Lipinski definition) is 3. The van der Waals surface area contributed by atoms with Gasteiger partial charge in [-0.25, -0.2) is 4.98 Å². The SMILES string of the molecule is COCCCOc1ccnc(Cl)c1. The molecule has 0 N–H and O–H groups in total. The fraction of sp³-hybridized carbons (Fsp3) is 0.444. The molecule has 4 heteroatoms. The van der Waals surface area contributed by atoms with Gasteiger partial charge in [-0.1, -0.05) is 11.6 Å². The molecule has 0 bridgehead atoms. The quantitative estimate of drug-likeness (QED) is 0.541. The number of halogens is 1. The molecule has 1 aromatic rings. The summed E-state index contributed by atoms with van der Waals surface area (Å²) in [5, 5.41) is 0.448. The topological polar surface area (TPSA) is 31.4 Å². The summed E-state index contributed by atoms with van der Waals surface area (Å²) in [6.45, 7) is 1.34. The third kappa shape index (κ3) is 4.10. The highest BCUT2D eigenvalue weighted by atomic mass is 35.5. The van der Waals surface area contributed by atoms with Crippen LogP contribution < -0.4 is 4.74 Å². The summed E-state index contributed by atoms with van der Waals surface area (Å²) in [7, 11) is 1.67. The maximum atomic E-state index is 5.67. The number of methoxy groups -OCH3 is 1. The van der Waals surface area contributed by atoms with Gasteiger partial charge in [0.05, 0.1) is 6.61 Å². The molecule has 13 heavy (non-hydrogen) atoms. The van der Waals surface area contributed by atoms with E-state index in [1.165, 1.54) is 0 Å². The van der Waals surface area contributed by atoms with Gasteiger partial charge in [-0.2, -0.15) is 0 Å². The predicted molar refractivity (Wildman–Crippen MR) is 51.2 cm³/mol. The van der Waals surface area contributed by atoms with Crippen LogP contribution in [0.1, 0.15) is 6.42 Å². The van der Waals surface area contributed by atoms with E-state index in [-0.39, 0.29) is 0 Å². The lowest BCUT2D eigenvalue weighted by atomic mass is 10.4. The first-order valence-electron chi connectivity index (χ1n) is 4.06. The Labute approximate surface area is 82.6 Å². The van der Waals surface area contributed by atoms with Crippen molar-refractivity contribution in [3.63, 3.8) is 0 Å². The molecule has 0 aliphatic carbocycles. The lowest BCUT2D eigenvalue weighted by Gasteiger charge is -2.04. The number of rotatable bonds is 5. The number of pyridine rings is 1. The van der Waals surface area contributed by atoms with Crippen molar-refractivity contribution in [3.8, 4) is 5.75 Å². The molecule has 1 rings (SSSR count). The summed E-state index contributed by atoms with van der Waals surface area (Å²) in [5.74, 6) is 0.746. The van der Waals surface area contributed by atoms with Crippen molar-refractivity contribution in [2.45, 2.75) is 6.42 Å². The second-order valence-corrected chi connectivity index (χ2v) is 2.90. The molecular weight excluding hydrogens is 190 g/mol. The Balaban J connectivity index is 2.28. The Bertz CT molecular complexity index is 255. The fourth-order valence-electron chi connectivity index (χ4n) is 0.868. The van der Waals surface area contributed by atoms with E-state index in [1.54, 1.807) is 25.4 Å². The molecule has 0 saturated heterocycles. The third-order valence-corrected chi connectivity index (χ3v) is 1.67. The van der Waals surface area contributed by atoms with Crippen LogP contribution in [0.25, 0.3) is 0 Å². The Morgan fingerprint density at radius 3 is 3.00 bits per heavy atom. The third-order valence-electron chi connectivity index (χ3n) is 1.46. The van der Waals surface area contributed by atoms with Crippen LogP contribution in [0, 0.1) is 0 Å². The second kappa shape index (κ2) is 5.78. The fourth-order valence-corrected chi connectivity index (χ4v) is 1.03. The standard InChI is InChI=1S/C9H12ClNO2/c1-12-5-2-6-13-8-3-4-11-9(10)7-8/h3-4,7H,2,5-6H2,1H3. The van der Waals surface area contributed by atoms with Gasteiger partial charge in [-0.15, -0.1) is 0 Å². The average molecular weight is 202 g/mol. The summed E-state index contributed by atoms with van der Waals surface area (Å²) in [5.41, 5.74) is 0. The molecule has 0 unspecified atom stereocenters. The molecule has 0 radical (unpaired) electrons. The van der Waals surface area contributed by atoms with Crippen LogP contribution in [0.3, 0.4) is 0 Å². The number of hydrogen-bond donors (Lipinski definition) is 0. The van der Waals surface area contributed by atoms with Crippen LogP contribution in [-0.2, 0) is 4.74 Å². The highest BCUT2D eigenvalue weighted by Gasteiger charge is 1.94. The normalized spacial score (nSPS) is 10.0. The van der Waals surface area contributed by atoms with E-state index in [2.05, 4.69) is 4.98 Å². The van der Waals surface area contributed by atoms with Crippen LogP contribution in [0.2, 0.25) is 5.15 Å². The van der Waals surface area contributed by atoms with E-state index in [1.807, 2.05) is 0 Å². The zero-order valence-electron chi connectivity index (χ0n) is 7.50. The van der Waals surface area contributed by atoms with Gasteiger partial charge in [-0.05, 0) is 6.07 Å². The van der Waals surface area contributed by atoms with E-state index in [4.69, 9.17) is 21.1 Å². The predicted octanol–water partition coefficient (Wildman–Crippen LogP) is 2.15. The van der Waals surface area contributed by atoms with E-state index >= 15 is 0 Å². The van der Waals surface area contributed by atoms with E-state index < -0.39 is 0 Å². The first-order valence-corrected chi connectivity index (χ1v) is 4.44. The van der Waals surface area contributed by atoms with E-state index in [0.717, 1.165) is 12.2 Å². The number of aromatic nitrogens is 1. The molecule has 0 atom stereocenters. The van der Waals surface area contributed by atoms with Crippen molar-refractivity contribution < 1.29 is 9.47 Å². The highest BCUT2D eigenvalue weighted by molar-refractivity contribution is 6.29. The maximum Gasteiger partial charge on any atom is 0.132 e. The molecule has 0 aliphatic heterocycles. The van der Waals surface area contributed by atoms with Crippen LogP contribution in [0.15, 0.2) is 18.3 Å². The summed E-state index contributed by atoms with van der Waals surface area (Å²) >= 11 is 5.67. The van der Waals surface area contributed by atoms with Gasteiger partial charge in [-0.3, -0.25) is 0 Å². The maximum absolute atomic E-state index is 5.67. The van der Waals surface area contributed by atoms with E-state index in [9.17, 15) is 0 Å².